The molecule has 2 rings (SSSR count). The van der Waals surface area contributed by atoms with Crippen LogP contribution in [-0.4, -0.2) is 18.4 Å². The minimum atomic E-state index is -4.67. The summed E-state index contributed by atoms with van der Waals surface area (Å²) in [6.45, 7) is 0. The van der Waals surface area contributed by atoms with Gasteiger partial charge in [0.2, 0.25) is 0 Å². The number of benzene rings is 1. The summed E-state index contributed by atoms with van der Waals surface area (Å²) < 4.78 is 77.7. The van der Waals surface area contributed by atoms with Crippen molar-refractivity contribution in [1.29, 1.82) is 0 Å². The van der Waals surface area contributed by atoms with Gasteiger partial charge in [0.15, 0.2) is 0 Å². The first-order chi connectivity index (χ1) is 10.5. The lowest BCUT2D eigenvalue weighted by Crippen LogP contribution is -2.27. The van der Waals surface area contributed by atoms with E-state index in [2.05, 4.69) is 0 Å². The molecule has 0 fully saturated rings. The van der Waals surface area contributed by atoms with Crippen LogP contribution in [0, 0.1) is 0 Å². The van der Waals surface area contributed by atoms with Crippen LogP contribution in [0.5, 0.6) is 0 Å². The Morgan fingerprint density at radius 3 is 2.30 bits per heavy atom. The SMILES string of the molecule is Nc1ccc(C2=C(C(F)(F)F)CC(N)C=C2)c(CC(F)(F)F)c1. The second-order valence-electron chi connectivity index (χ2n) is 5.33. The molecule has 1 aromatic rings. The van der Waals surface area contributed by atoms with E-state index >= 15 is 0 Å². The van der Waals surface area contributed by atoms with Gasteiger partial charge in [-0.05, 0) is 35.3 Å². The van der Waals surface area contributed by atoms with E-state index in [1.165, 1.54) is 18.2 Å². The molecule has 0 heterocycles. The second kappa shape index (κ2) is 5.92. The normalized spacial score (nSPS) is 19.3. The van der Waals surface area contributed by atoms with Gasteiger partial charge in [-0.1, -0.05) is 18.2 Å². The molecule has 1 aliphatic carbocycles. The maximum atomic E-state index is 13.2. The third-order valence-electron chi connectivity index (χ3n) is 3.43. The Morgan fingerprint density at radius 1 is 1.09 bits per heavy atom. The van der Waals surface area contributed by atoms with Crippen LogP contribution in [0.2, 0.25) is 0 Å². The first-order valence-corrected chi connectivity index (χ1v) is 6.67. The van der Waals surface area contributed by atoms with Gasteiger partial charge in [0, 0.05) is 17.3 Å². The Bertz CT molecular complexity index is 655. The zero-order valence-corrected chi connectivity index (χ0v) is 11.8. The predicted molar refractivity (Wildman–Crippen MR) is 75.3 cm³/mol. The highest BCUT2D eigenvalue weighted by Gasteiger charge is 2.38. The molecular weight excluding hydrogens is 322 g/mol. The van der Waals surface area contributed by atoms with Crippen molar-refractivity contribution in [2.45, 2.75) is 31.2 Å². The molecule has 1 aliphatic rings. The van der Waals surface area contributed by atoms with Gasteiger partial charge in [-0.15, -0.1) is 0 Å². The topological polar surface area (TPSA) is 52.0 Å². The highest BCUT2D eigenvalue weighted by atomic mass is 19.4. The Labute approximate surface area is 128 Å². The average molecular weight is 336 g/mol. The van der Waals surface area contributed by atoms with Crippen molar-refractivity contribution in [1.82, 2.24) is 0 Å². The Balaban J connectivity index is 2.61. The van der Waals surface area contributed by atoms with E-state index in [4.69, 9.17) is 11.5 Å². The zero-order valence-electron chi connectivity index (χ0n) is 11.8. The molecule has 8 heteroatoms. The molecule has 1 aromatic carbocycles. The minimum absolute atomic E-state index is 0.0543. The van der Waals surface area contributed by atoms with Crippen LogP contribution in [-0.2, 0) is 6.42 Å². The van der Waals surface area contributed by atoms with E-state index in [1.807, 2.05) is 0 Å². The number of alkyl halides is 6. The minimum Gasteiger partial charge on any atom is -0.399 e. The van der Waals surface area contributed by atoms with Gasteiger partial charge in [-0.2, -0.15) is 26.3 Å². The van der Waals surface area contributed by atoms with Crippen molar-refractivity contribution < 1.29 is 26.3 Å². The molecule has 1 atom stereocenters. The number of anilines is 1. The number of hydrogen-bond acceptors (Lipinski definition) is 2. The molecule has 0 bridgehead atoms. The van der Waals surface area contributed by atoms with E-state index in [0.717, 1.165) is 12.1 Å². The zero-order chi connectivity index (χ0) is 17.4. The van der Waals surface area contributed by atoms with Crippen LogP contribution in [0.4, 0.5) is 32.0 Å². The van der Waals surface area contributed by atoms with E-state index in [-0.39, 0.29) is 22.4 Å². The molecule has 1 unspecified atom stereocenters. The van der Waals surface area contributed by atoms with Gasteiger partial charge in [-0.3, -0.25) is 0 Å². The fourth-order valence-corrected chi connectivity index (χ4v) is 2.49. The maximum Gasteiger partial charge on any atom is 0.413 e. The summed E-state index contributed by atoms with van der Waals surface area (Å²) in [5.74, 6) is 0. The summed E-state index contributed by atoms with van der Waals surface area (Å²) in [5.41, 5.74) is 9.38. The molecule has 0 saturated heterocycles. The lowest BCUT2D eigenvalue weighted by molar-refractivity contribution is -0.127. The quantitative estimate of drug-likeness (QED) is 0.634. The van der Waals surface area contributed by atoms with Crippen molar-refractivity contribution in [3.63, 3.8) is 0 Å². The van der Waals surface area contributed by atoms with Gasteiger partial charge in [0.05, 0.1) is 6.42 Å². The molecule has 0 spiro atoms. The molecule has 0 aliphatic heterocycles. The smallest absolute Gasteiger partial charge is 0.399 e. The standard InChI is InChI=1S/C15H14F6N2/c16-14(17,18)7-8-5-9(22)1-3-11(8)12-4-2-10(23)6-13(12)15(19,20)21/h1-5,10H,6-7,22-23H2. The molecule has 2 nitrogen and oxygen atoms in total. The molecule has 0 aromatic heterocycles. The number of halogens is 6. The fraction of sp³-hybridized carbons (Fsp3) is 0.333. The summed E-state index contributed by atoms with van der Waals surface area (Å²) in [5, 5.41) is 0. The van der Waals surface area contributed by atoms with Gasteiger partial charge in [0.1, 0.15) is 0 Å². The van der Waals surface area contributed by atoms with Crippen LogP contribution in [0.25, 0.3) is 5.57 Å². The van der Waals surface area contributed by atoms with Crippen LogP contribution in [0.3, 0.4) is 0 Å². The highest BCUT2D eigenvalue weighted by Crippen LogP contribution is 2.40. The number of rotatable bonds is 2. The van der Waals surface area contributed by atoms with Crippen LogP contribution < -0.4 is 11.5 Å². The third kappa shape index (κ3) is 4.28. The lowest BCUT2D eigenvalue weighted by atomic mass is 9.87. The highest BCUT2D eigenvalue weighted by molar-refractivity contribution is 5.81. The largest absolute Gasteiger partial charge is 0.413 e. The van der Waals surface area contributed by atoms with Crippen LogP contribution >= 0.6 is 0 Å². The van der Waals surface area contributed by atoms with Crippen molar-refractivity contribution in [3.05, 3.63) is 47.1 Å². The first kappa shape index (κ1) is 17.4. The van der Waals surface area contributed by atoms with Crippen LogP contribution in [0.15, 0.2) is 35.9 Å². The average Bonchev–Trinajstić information content (AvgIpc) is 2.36. The van der Waals surface area contributed by atoms with Gasteiger partial charge < -0.3 is 11.5 Å². The van der Waals surface area contributed by atoms with Gasteiger partial charge in [0.25, 0.3) is 0 Å². The van der Waals surface area contributed by atoms with E-state index in [0.29, 0.717) is 0 Å². The summed E-state index contributed by atoms with van der Waals surface area (Å²) >= 11 is 0. The molecule has 23 heavy (non-hydrogen) atoms. The number of hydrogen-bond donors (Lipinski definition) is 2. The maximum absolute atomic E-state index is 13.2. The Hall–Kier alpha value is -1.96. The van der Waals surface area contributed by atoms with E-state index < -0.39 is 36.8 Å². The third-order valence-corrected chi connectivity index (χ3v) is 3.43. The summed E-state index contributed by atoms with van der Waals surface area (Å²) in [6.07, 6.45) is -8.60. The fourth-order valence-electron chi connectivity index (χ4n) is 2.49. The number of allylic oxidation sites excluding steroid dienone is 2. The van der Waals surface area contributed by atoms with Gasteiger partial charge >= 0.3 is 12.4 Å². The van der Waals surface area contributed by atoms with E-state index in [1.54, 1.807) is 0 Å². The van der Waals surface area contributed by atoms with Crippen molar-refractivity contribution in [2.24, 2.45) is 5.73 Å². The molecule has 4 N–H and O–H groups in total. The van der Waals surface area contributed by atoms with Crippen molar-refractivity contribution >= 4 is 11.3 Å². The predicted octanol–water partition coefficient (Wildman–Crippen LogP) is 3.98. The summed E-state index contributed by atoms with van der Waals surface area (Å²) in [4.78, 5) is 0. The Kier molecular flexibility index (Phi) is 4.48. The van der Waals surface area contributed by atoms with Crippen LogP contribution in [0.1, 0.15) is 17.5 Å². The first-order valence-electron chi connectivity index (χ1n) is 6.67. The summed E-state index contributed by atoms with van der Waals surface area (Å²) in [7, 11) is 0. The lowest BCUT2D eigenvalue weighted by Gasteiger charge is -2.24. The second-order valence-corrected chi connectivity index (χ2v) is 5.33. The monoisotopic (exact) mass is 336 g/mol. The summed E-state index contributed by atoms with van der Waals surface area (Å²) in [6, 6.07) is 2.68. The van der Waals surface area contributed by atoms with Crippen molar-refractivity contribution in [3.8, 4) is 0 Å². The number of nitrogen functional groups attached to an aromatic ring is 1. The van der Waals surface area contributed by atoms with E-state index in [9.17, 15) is 26.3 Å². The molecule has 0 saturated carbocycles. The van der Waals surface area contributed by atoms with Gasteiger partial charge in [-0.25, -0.2) is 0 Å². The molecule has 126 valence electrons. The molecule has 0 radical (unpaired) electrons. The molecular formula is C15H14F6N2. The number of nitrogens with two attached hydrogens (primary N) is 2. The van der Waals surface area contributed by atoms with Crippen molar-refractivity contribution in [2.75, 3.05) is 5.73 Å². The molecule has 0 amide bonds. The Morgan fingerprint density at radius 2 is 1.74 bits per heavy atom.